The molecule has 3 aromatic rings. The van der Waals surface area contributed by atoms with Crippen molar-refractivity contribution in [2.75, 3.05) is 0 Å². The fourth-order valence-corrected chi connectivity index (χ4v) is 5.58. The van der Waals surface area contributed by atoms with Crippen LogP contribution in [0.2, 0.25) is 0 Å². The normalized spacial score (nSPS) is 27.5. The topological polar surface area (TPSA) is 136 Å². The number of aromatic nitrogens is 1. The summed E-state index contributed by atoms with van der Waals surface area (Å²) in [6.45, 7) is 0.120. The molecule has 0 spiro atoms. The second-order valence-electron chi connectivity index (χ2n) is 9.11. The van der Waals surface area contributed by atoms with Crippen molar-refractivity contribution in [3.63, 3.8) is 0 Å². The van der Waals surface area contributed by atoms with Crippen molar-refractivity contribution in [1.29, 1.82) is 0 Å². The van der Waals surface area contributed by atoms with Gasteiger partial charge in [0, 0.05) is 17.1 Å². The van der Waals surface area contributed by atoms with E-state index < -0.39 is 29.1 Å². The number of carbonyl (C=O) groups is 2. The highest BCUT2D eigenvalue weighted by Crippen LogP contribution is 2.54. The van der Waals surface area contributed by atoms with Crippen LogP contribution >= 0.6 is 0 Å². The number of aliphatic hydroxyl groups is 2. The van der Waals surface area contributed by atoms with E-state index in [4.69, 9.17) is 15.0 Å². The van der Waals surface area contributed by atoms with E-state index in [9.17, 15) is 19.8 Å². The molecular formula is C26H22N2O6. The Hall–Kier alpha value is -3.75. The highest BCUT2D eigenvalue weighted by atomic mass is 16.5. The number of carbonyl (C=O) groups excluding carboxylic acids is 2. The summed E-state index contributed by atoms with van der Waals surface area (Å²) in [6.07, 6.45) is 0.743. The van der Waals surface area contributed by atoms with E-state index in [-0.39, 0.29) is 47.5 Å². The molecule has 3 aliphatic rings. The lowest BCUT2D eigenvalue weighted by atomic mass is 9.59. The third-order valence-corrected chi connectivity index (χ3v) is 7.29. The van der Waals surface area contributed by atoms with Crippen LogP contribution in [0.3, 0.4) is 0 Å². The Bertz CT molecular complexity index is 1360. The van der Waals surface area contributed by atoms with Gasteiger partial charge in [0.2, 0.25) is 5.78 Å². The average molecular weight is 458 g/mol. The maximum absolute atomic E-state index is 13.7. The van der Waals surface area contributed by atoms with Crippen LogP contribution in [0.5, 0.6) is 5.88 Å². The van der Waals surface area contributed by atoms with E-state index in [0.29, 0.717) is 12.0 Å². The molecule has 0 unspecified atom stereocenters. The third kappa shape index (κ3) is 2.76. The van der Waals surface area contributed by atoms with Crippen LogP contribution in [0.4, 0.5) is 0 Å². The molecule has 8 heteroatoms. The van der Waals surface area contributed by atoms with E-state index in [2.05, 4.69) is 5.16 Å². The van der Waals surface area contributed by atoms with E-state index in [0.717, 1.165) is 11.1 Å². The number of nitrogens with zero attached hydrogens (tertiary/aromatic N) is 1. The lowest BCUT2D eigenvalue weighted by Gasteiger charge is -2.47. The minimum atomic E-state index is -2.36. The van der Waals surface area contributed by atoms with E-state index in [1.807, 2.05) is 42.5 Å². The molecule has 0 amide bonds. The number of benzene rings is 2. The molecule has 0 saturated carbocycles. The number of ketones is 2. The molecule has 0 saturated heterocycles. The van der Waals surface area contributed by atoms with Gasteiger partial charge in [0.05, 0.1) is 6.04 Å². The zero-order valence-electron chi connectivity index (χ0n) is 18.1. The van der Waals surface area contributed by atoms with E-state index in [1.165, 1.54) is 0 Å². The largest absolute Gasteiger partial charge is 0.508 e. The SMILES string of the molecule is N[C@@H]1c2onc(OCc3ccccc3)c2C(=O)[C@@]2(O)C(O)=C3C(=O)c4ccccc4C[C@H]3C[C@@H]12. The van der Waals surface area contributed by atoms with Crippen molar-refractivity contribution in [3.05, 3.63) is 93.9 Å². The molecule has 0 radical (unpaired) electrons. The van der Waals surface area contributed by atoms with Crippen LogP contribution in [0.25, 0.3) is 0 Å². The van der Waals surface area contributed by atoms with Gasteiger partial charge in [0.25, 0.3) is 5.88 Å². The van der Waals surface area contributed by atoms with Gasteiger partial charge in [-0.2, -0.15) is 0 Å². The Labute approximate surface area is 194 Å². The van der Waals surface area contributed by atoms with Crippen LogP contribution < -0.4 is 10.5 Å². The van der Waals surface area contributed by atoms with Crippen molar-refractivity contribution in [1.82, 2.24) is 5.16 Å². The molecule has 0 aliphatic heterocycles. The van der Waals surface area contributed by atoms with Gasteiger partial charge in [0.1, 0.15) is 17.9 Å². The number of Topliss-reactive ketones (excluding diaryl/α,β-unsaturated/α-hetero) is 2. The predicted molar refractivity (Wildman–Crippen MR) is 119 cm³/mol. The van der Waals surface area contributed by atoms with E-state index in [1.54, 1.807) is 12.1 Å². The number of hydrogen-bond donors (Lipinski definition) is 3. The summed E-state index contributed by atoms with van der Waals surface area (Å²) in [5.41, 5.74) is 6.25. The molecule has 1 heterocycles. The molecule has 6 rings (SSSR count). The third-order valence-electron chi connectivity index (χ3n) is 7.29. The monoisotopic (exact) mass is 458 g/mol. The fourth-order valence-electron chi connectivity index (χ4n) is 5.58. The number of rotatable bonds is 3. The lowest BCUT2D eigenvalue weighted by Crippen LogP contribution is -2.58. The highest BCUT2D eigenvalue weighted by molar-refractivity contribution is 6.14. The second-order valence-corrected chi connectivity index (χ2v) is 9.11. The second kappa shape index (κ2) is 7.38. The molecule has 0 bridgehead atoms. The number of ether oxygens (including phenoxy) is 1. The summed E-state index contributed by atoms with van der Waals surface area (Å²) in [4.78, 5) is 26.9. The lowest BCUT2D eigenvalue weighted by molar-refractivity contribution is -0.0356. The van der Waals surface area contributed by atoms with Crippen LogP contribution in [-0.2, 0) is 13.0 Å². The number of aliphatic hydroxyl groups excluding tert-OH is 1. The van der Waals surface area contributed by atoms with Gasteiger partial charge in [-0.15, -0.1) is 0 Å². The first-order valence-electron chi connectivity index (χ1n) is 11.2. The summed E-state index contributed by atoms with van der Waals surface area (Å²) >= 11 is 0. The quantitative estimate of drug-likeness (QED) is 0.545. The summed E-state index contributed by atoms with van der Waals surface area (Å²) in [5.74, 6) is -3.08. The van der Waals surface area contributed by atoms with Gasteiger partial charge in [-0.1, -0.05) is 54.6 Å². The van der Waals surface area contributed by atoms with Crippen LogP contribution in [-0.4, -0.2) is 32.5 Å². The Morgan fingerprint density at radius 1 is 1.12 bits per heavy atom. The van der Waals surface area contributed by atoms with Crippen molar-refractivity contribution < 1.29 is 29.1 Å². The molecule has 3 aliphatic carbocycles. The van der Waals surface area contributed by atoms with Gasteiger partial charge in [-0.25, -0.2) is 0 Å². The molecule has 8 nitrogen and oxygen atoms in total. The summed E-state index contributed by atoms with van der Waals surface area (Å²) in [7, 11) is 0. The van der Waals surface area contributed by atoms with Gasteiger partial charge in [-0.3, -0.25) is 9.59 Å². The van der Waals surface area contributed by atoms with Crippen molar-refractivity contribution >= 4 is 11.6 Å². The standard InChI is InChI=1S/C26H22N2O6/c27-20-17-11-15-10-14-8-4-5-9-16(14)21(29)18(15)23(30)26(17,32)24(31)19-22(20)34-28-25(19)33-12-13-6-2-1-3-7-13/h1-9,15,17,20,30,32H,10-12,27H2/t15-,17-,20-,26-/m0/s1. The maximum atomic E-state index is 13.7. The molecule has 4 atom stereocenters. The Balaban J connectivity index is 1.42. The van der Waals surface area contributed by atoms with Crippen LogP contribution in [0.15, 0.2) is 70.5 Å². The van der Waals surface area contributed by atoms with Crippen molar-refractivity contribution in [2.45, 2.75) is 31.1 Å². The van der Waals surface area contributed by atoms with Crippen molar-refractivity contribution in [2.24, 2.45) is 17.6 Å². The molecule has 1 aromatic heterocycles. The first kappa shape index (κ1) is 20.8. The van der Waals surface area contributed by atoms with Gasteiger partial charge >= 0.3 is 0 Å². The zero-order chi connectivity index (χ0) is 23.6. The Kier molecular flexibility index (Phi) is 4.52. The molecule has 0 fully saturated rings. The molecule has 4 N–H and O–H groups in total. The minimum Gasteiger partial charge on any atom is -0.508 e. The minimum absolute atomic E-state index is 0.0738. The smallest absolute Gasteiger partial charge is 0.265 e. The highest BCUT2D eigenvalue weighted by Gasteiger charge is 2.62. The molecule has 172 valence electrons. The van der Waals surface area contributed by atoms with Crippen LogP contribution in [0.1, 0.15) is 50.1 Å². The Morgan fingerprint density at radius 3 is 2.65 bits per heavy atom. The summed E-state index contributed by atoms with van der Waals surface area (Å²) in [6, 6.07) is 15.5. The van der Waals surface area contributed by atoms with Gasteiger partial charge < -0.3 is 25.2 Å². The average Bonchev–Trinajstić information content (AvgIpc) is 3.28. The summed E-state index contributed by atoms with van der Waals surface area (Å²) < 4.78 is 11.1. The van der Waals surface area contributed by atoms with Crippen LogP contribution in [0, 0.1) is 11.8 Å². The van der Waals surface area contributed by atoms with Crippen molar-refractivity contribution in [3.8, 4) is 5.88 Å². The van der Waals surface area contributed by atoms with E-state index >= 15 is 0 Å². The number of fused-ring (bicyclic) bond motifs is 4. The number of hydrogen-bond acceptors (Lipinski definition) is 8. The van der Waals surface area contributed by atoms with Gasteiger partial charge in [0.15, 0.2) is 17.1 Å². The first-order valence-corrected chi connectivity index (χ1v) is 11.2. The zero-order valence-corrected chi connectivity index (χ0v) is 18.1. The number of allylic oxidation sites excluding steroid dienone is 1. The predicted octanol–water partition coefficient (Wildman–Crippen LogP) is 3.07. The molecule has 2 aromatic carbocycles. The molecular weight excluding hydrogens is 436 g/mol. The molecule has 34 heavy (non-hydrogen) atoms. The fraction of sp³-hybridized carbons (Fsp3) is 0.269. The first-order chi connectivity index (χ1) is 16.4. The van der Waals surface area contributed by atoms with Gasteiger partial charge in [-0.05, 0) is 35.0 Å². The maximum Gasteiger partial charge on any atom is 0.265 e. The number of nitrogens with two attached hydrogens (primary N) is 1. The Morgan fingerprint density at radius 2 is 1.85 bits per heavy atom. The summed E-state index contributed by atoms with van der Waals surface area (Å²) in [5, 5.41) is 26.8.